The van der Waals surface area contributed by atoms with Crippen LogP contribution in [0.15, 0.2) is 82.8 Å². The summed E-state index contributed by atoms with van der Waals surface area (Å²) < 4.78 is 2.99. The van der Waals surface area contributed by atoms with Gasteiger partial charge in [-0.15, -0.1) is 0 Å². The van der Waals surface area contributed by atoms with Crippen molar-refractivity contribution >= 4 is 45.0 Å². The molecule has 152 valence electrons. The summed E-state index contributed by atoms with van der Waals surface area (Å²) in [6.07, 6.45) is 4.99. The van der Waals surface area contributed by atoms with E-state index < -0.39 is 0 Å². The molecular formula is C23H14Cl2N4O2. The molecule has 5 rings (SSSR count). The van der Waals surface area contributed by atoms with Crippen LogP contribution in [0.2, 0.25) is 10.0 Å². The van der Waals surface area contributed by atoms with Gasteiger partial charge in [0.15, 0.2) is 0 Å². The molecule has 0 saturated heterocycles. The predicted octanol–water partition coefficient (Wildman–Crippen LogP) is 4.45. The van der Waals surface area contributed by atoms with Crippen molar-refractivity contribution in [3.63, 3.8) is 0 Å². The third-order valence-corrected chi connectivity index (χ3v) is 5.44. The highest BCUT2D eigenvalue weighted by atomic mass is 35.5. The average Bonchev–Trinajstić information content (AvgIpc) is 2.75. The van der Waals surface area contributed by atoms with Gasteiger partial charge in [-0.1, -0.05) is 29.3 Å². The Kier molecular flexibility index (Phi) is 4.81. The van der Waals surface area contributed by atoms with Crippen LogP contribution in [0.3, 0.4) is 0 Å². The van der Waals surface area contributed by atoms with Gasteiger partial charge in [-0.05, 0) is 48.5 Å². The number of rotatable bonds is 3. The highest BCUT2D eigenvalue weighted by molar-refractivity contribution is 6.34. The lowest BCUT2D eigenvalue weighted by atomic mass is 10.2. The Bertz CT molecular complexity index is 1560. The van der Waals surface area contributed by atoms with Crippen molar-refractivity contribution in [3.8, 4) is 5.69 Å². The number of nitrogens with zero attached hydrogens (tertiary/aromatic N) is 4. The lowest BCUT2D eigenvalue weighted by molar-refractivity contribution is 0.746. The van der Waals surface area contributed by atoms with E-state index in [-0.39, 0.29) is 11.1 Å². The van der Waals surface area contributed by atoms with Crippen molar-refractivity contribution in [2.24, 2.45) is 0 Å². The Hall–Kier alpha value is -3.48. The number of pyridine rings is 4. The molecule has 0 radical (unpaired) electrons. The Morgan fingerprint density at radius 2 is 1.52 bits per heavy atom. The highest BCUT2D eigenvalue weighted by Crippen LogP contribution is 2.22. The van der Waals surface area contributed by atoms with E-state index in [9.17, 15) is 9.59 Å². The van der Waals surface area contributed by atoms with E-state index in [1.165, 1.54) is 4.57 Å². The molecule has 0 aliphatic carbocycles. The Balaban J connectivity index is 1.70. The van der Waals surface area contributed by atoms with Crippen LogP contribution in [-0.4, -0.2) is 19.1 Å². The van der Waals surface area contributed by atoms with Gasteiger partial charge in [0.1, 0.15) is 0 Å². The lowest BCUT2D eigenvalue weighted by Crippen LogP contribution is -2.22. The topological polar surface area (TPSA) is 69.8 Å². The number of benzene rings is 1. The zero-order valence-corrected chi connectivity index (χ0v) is 17.5. The molecule has 0 N–H and O–H groups in total. The smallest absolute Gasteiger partial charge is 0.264 e. The van der Waals surface area contributed by atoms with Crippen molar-refractivity contribution in [2.45, 2.75) is 6.54 Å². The molecule has 0 amide bonds. The second kappa shape index (κ2) is 7.65. The van der Waals surface area contributed by atoms with Gasteiger partial charge in [0.2, 0.25) is 0 Å². The number of aromatic nitrogens is 4. The monoisotopic (exact) mass is 448 g/mol. The fourth-order valence-corrected chi connectivity index (χ4v) is 4.05. The largest absolute Gasteiger partial charge is 0.309 e. The summed E-state index contributed by atoms with van der Waals surface area (Å²) in [4.78, 5) is 35.1. The summed E-state index contributed by atoms with van der Waals surface area (Å²) in [7, 11) is 0. The Labute approximate surface area is 186 Å². The SMILES string of the molecule is O=c1c2cc3c(=O)n(-c4cc(Cl)cc(Cl)c4)ccc3nc2ccn1Cc1ccccn1. The molecule has 6 nitrogen and oxygen atoms in total. The molecule has 8 heteroatoms. The maximum absolute atomic E-state index is 13.2. The lowest BCUT2D eigenvalue weighted by Gasteiger charge is -2.10. The summed E-state index contributed by atoms with van der Waals surface area (Å²) in [5, 5.41) is 1.54. The average molecular weight is 449 g/mol. The summed E-state index contributed by atoms with van der Waals surface area (Å²) in [6, 6.07) is 15.5. The quantitative estimate of drug-likeness (QED) is 0.382. The molecule has 4 heterocycles. The summed E-state index contributed by atoms with van der Waals surface area (Å²) >= 11 is 12.2. The van der Waals surface area contributed by atoms with Crippen molar-refractivity contribution in [3.05, 3.63) is 110 Å². The summed E-state index contributed by atoms with van der Waals surface area (Å²) in [6.45, 7) is 0.327. The molecule has 0 bridgehead atoms. The first-order chi connectivity index (χ1) is 15.0. The Morgan fingerprint density at radius 3 is 2.23 bits per heavy atom. The van der Waals surface area contributed by atoms with E-state index in [1.807, 2.05) is 18.2 Å². The molecule has 0 aliphatic rings. The standard InChI is InChI=1S/C23H14Cl2N4O2/c24-14-9-15(25)11-17(10-14)29-8-5-21-19(23(29)31)12-18-20(27-21)4-7-28(22(18)30)13-16-3-1-2-6-26-16/h1-12H,13H2. The van der Waals surface area contributed by atoms with E-state index >= 15 is 0 Å². The zero-order chi connectivity index (χ0) is 21.5. The highest BCUT2D eigenvalue weighted by Gasteiger charge is 2.12. The van der Waals surface area contributed by atoms with Gasteiger partial charge in [0.05, 0.1) is 39.7 Å². The van der Waals surface area contributed by atoms with Gasteiger partial charge in [0.25, 0.3) is 11.1 Å². The molecule has 31 heavy (non-hydrogen) atoms. The fourth-order valence-electron chi connectivity index (χ4n) is 3.54. The molecule has 0 atom stereocenters. The molecular weight excluding hydrogens is 435 g/mol. The van der Waals surface area contributed by atoms with E-state index in [1.54, 1.807) is 59.6 Å². The molecule has 5 aromatic rings. The first kappa shape index (κ1) is 19.5. The second-order valence-corrected chi connectivity index (χ2v) is 7.92. The molecule has 0 unspecified atom stereocenters. The zero-order valence-electron chi connectivity index (χ0n) is 16.0. The van der Waals surface area contributed by atoms with Gasteiger partial charge in [-0.2, -0.15) is 0 Å². The third kappa shape index (κ3) is 3.60. The number of halogens is 2. The summed E-state index contributed by atoms with van der Waals surface area (Å²) in [5.41, 5.74) is 1.77. The minimum Gasteiger partial charge on any atom is -0.309 e. The van der Waals surface area contributed by atoms with Gasteiger partial charge in [0, 0.05) is 28.6 Å². The molecule has 0 fully saturated rings. The number of fused-ring (bicyclic) bond motifs is 2. The molecule has 0 saturated carbocycles. The van der Waals surface area contributed by atoms with Crippen LogP contribution in [0.25, 0.3) is 27.5 Å². The Morgan fingerprint density at radius 1 is 0.806 bits per heavy atom. The fraction of sp³-hybridized carbons (Fsp3) is 0.0435. The first-order valence-electron chi connectivity index (χ1n) is 9.41. The van der Waals surface area contributed by atoms with Crippen LogP contribution in [-0.2, 0) is 6.54 Å². The van der Waals surface area contributed by atoms with Gasteiger partial charge in [-0.3, -0.25) is 19.1 Å². The molecule has 0 aliphatic heterocycles. The predicted molar refractivity (Wildman–Crippen MR) is 122 cm³/mol. The van der Waals surface area contributed by atoms with E-state index in [0.717, 1.165) is 5.69 Å². The minimum atomic E-state index is -0.315. The van der Waals surface area contributed by atoms with Crippen LogP contribution < -0.4 is 11.1 Å². The first-order valence-corrected chi connectivity index (χ1v) is 10.2. The second-order valence-electron chi connectivity index (χ2n) is 7.04. The van der Waals surface area contributed by atoms with E-state index in [0.29, 0.717) is 44.1 Å². The van der Waals surface area contributed by atoms with Crippen LogP contribution in [0.1, 0.15) is 5.69 Å². The third-order valence-electron chi connectivity index (χ3n) is 5.00. The van der Waals surface area contributed by atoms with Crippen LogP contribution in [0, 0.1) is 0 Å². The van der Waals surface area contributed by atoms with Gasteiger partial charge >= 0.3 is 0 Å². The molecule has 4 aromatic heterocycles. The van der Waals surface area contributed by atoms with Crippen molar-refractivity contribution in [1.29, 1.82) is 0 Å². The maximum Gasteiger partial charge on any atom is 0.264 e. The van der Waals surface area contributed by atoms with Crippen molar-refractivity contribution < 1.29 is 0 Å². The van der Waals surface area contributed by atoms with E-state index in [4.69, 9.17) is 23.2 Å². The van der Waals surface area contributed by atoms with Gasteiger partial charge in [-0.25, -0.2) is 4.98 Å². The summed E-state index contributed by atoms with van der Waals surface area (Å²) in [5.74, 6) is 0. The maximum atomic E-state index is 13.2. The minimum absolute atomic E-state index is 0.238. The van der Waals surface area contributed by atoms with Crippen molar-refractivity contribution in [2.75, 3.05) is 0 Å². The van der Waals surface area contributed by atoms with E-state index in [2.05, 4.69) is 9.97 Å². The van der Waals surface area contributed by atoms with Crippen molar-refractivity contribution in [1.82, 2.24) is 19.1 Å². The van der Waals surface area contributed by atoms with Crippen LogP contribution in [0.4, 0.5) is 0 Å². The van der Waals surface area contributed by atoms with Crippen LogP contribution in [0.5, 0.6) is 0 Å². The van der Waals surface area contributed by atoms with Gasteiger partial charge < -0.3 is 4.57 Å². The van der Waals surface area contributed by atoms with Crippen LogP contribution >= 0.6 is 23.2 Å². The molecule has 0 spiro atoms. The number of hydrogen-bond donors (Lipinski definition) is 0. The number of hydrogen-bond acceptors (Lipinski definition) is 4. The normalized spacial score (nSPS) is 11.3. The molecule has 1 aromatic carbocycles.